The van der Waals surface area contributed by atoms with Gasteiger partial charge in [0.15, 0.2) is 6.04 Å². The van der Waals surface area contributed by atoms with Crippen molar-refractivity contribution in [2.75, 3.05) is 5.32 Å². The highest BCUT2D eigenvalue weighted by Gasteiger charge is 2.33. The third kappa shape index (κ3) is 1.55. The van der Waals surface area contributed by atoms with Crippen LogP contribution in [0.25, 0.3) is 0 Å². The molecule has 0 radical (unpaired) electrons. The standard InChI is InChI=1S/C12H10N4O2/c17-16(18)10-8-13-11-6-7-14-15(11)12(10)9-4-2-1-3-5-9/h1-8,12-13H. The van der Waals surface area contributed by atoms with Gasteiger partial charge in [-0.15, -0.1) is 0 Å². The number of nitrogens with zero attached hydrogens (tertiary/aromatic N) is 3. The maximum Gasteiger partial charge on any atom is 0.291 e. The zero-order chi connectivity index (χ0) is 12.5. The molecule has 1 aliphatic rings. The molecule has 1 unspecified atom stereocenters. The van der Waals surface area contributed by atoms with Crippen molar-refractivity contribution in [2.45, 2.75) is 6.04 Å². The number of rotatable bonds is 2. The summed E-state index contributed by atoms with van der Waals surface area (Å²) in [6.07, 6.45) is 3.05. The molecule has 0 fully saturated rings. The molecule has 90 valence electrons. The van der Waals surface area contributed by atoms with Crippen LogP contribution >= 0.6 is 0 Å². The van der Waals surface area contributed by atoms with Gasteiger partial charge in [0.1, 0.15) is 5.82 Å². The lowest BCUT2D eigenvalue weighted by Crippen LogP contribution is -2.25. The second kappa shape index (κ2) is 3.99. The van der Waals surface area contributed by atoms with E-state index in [0.29, 0.717) is 0 Å². The maximum atomic E-state index is 11.1. The third-order valence-electron chi connectivity index (χ3n) is 2.89. The molecule has 1 atom stereocenters. The molecule has 18 heavy (non-hydrogen) atoms. The molecule has 1 aromatic heterocycles. The lowest BCUT2D eigenvalue weighted by molar-refractivity contribution is -0.431. The van der Waals surface area contributed by atoms with E-state index in [1.165, 1.54) is 6.20 Å². The van der Waals surface area contributed by atoms with Crippen LogP contribution in [0.1, 0.15) is 11.6 Å². The van der Waals surface area contributed by atoms with E-state index in [1.54, 1.807) is 16.9 Å². The SMILES string of the molecule is O=[N+]([O-])C1=CNc2ccnn2C1c1ccccc1. The number of nitro groups is 1. The molecule has 3 rings (SSSR count). The Labute approximate surface area is 103 Å². The highest BCUT2D eigenvalue weighted by molar-refractivity contribution is 5.45. The van der Waals surface area contributed by atoms with E-state index in [2.05, 4.69) is 10.4 Å². The monoisotopic (exact) mass is 242 g/mol. The van der Waals surface area contributed by atoms with E-state index in [4.69, 9.17) is 0 Å². The van der Waals surface area contributed by atoms with Crippen molar-refractivity contribution in [1.82, 2.24) is 9.78 Å². The minimum absolute atomic E-state index is 0.0809. The molecular weight excluding hydrogens is 232 g/mol. The summed E-state index contributed by atoms with van der Waals surface area (Å²) in [4.78, 5) is 10.7. The highest BCUT2D eigenvalue weighted by atomic mass is 16.6. The fraction of sp³-hybridized carbons (Fsp3) is 0.0833. The zero-order valence-electron chi connectivity index (χ0n) is 9.35. The van der Waals surface area contributed by atoms with Gasteiger partial charge in [0.2, 0.25) is 0 Å². The smallest absolute Gasteiger partial charge is 0.291 e. The van der Waals surface area contributed by atoms with Gasteiger partial charge in [-0.1, -0.05) is 30.3 Å². The number of benzene rings is 1. The van der Waals surface area contributed by atoms with Crippen LogP contribution < -0.4 is 5.32 Å². The van der Waals surface area contributed by atoms with Gasteiger partial charge in [0.25, 0.3) is 5.70 Å². The van der Waals surface area contributed by atoms with E-state index >= 15 is 0 Å². The topological polar surface area (TPSA) is 73.0 Å². The molecule has 0 amide bonds. The molecule has 0 saturated heterocycles. The second-order valence-corrected chi connectivity index (χ2v) is 3.94. The van der Waals surface area contributed by atoms with Crippen LogP contribution in [0, 0.1) is 10.1 Å². The van der Waals surface area contributed by atoms with E-state index in [0.717, 1.165) is 11.4 Å². The second-order valence-electron chi connectivity index (χ2n) is 3.94. The molecule has 1 aromatic carbocycles. The number of nitrogens with one attached hydrogen (secondary N) is 1. The molecule has 1 aliphatic heterocycles. The first-order valence-corrected chi connectivity index (χ1v) is 5.47. The Bertz CT molecular complexity index is 618. The summed E-state index contributed by atoms with van der Waals surface area (Å²) in [5, 5.41) is 18.2. The highest BCUT2D eigenvalue weighted by Crippen LogP contribution is 2.32. The number of hydrogen-bond donors (Lipinski definition) is 1. The van der Waals surface area contributed by atoms with Crippen LogP contribution in [0.4, 0.5) is 5.82 Å². The Morgan fingerprint density at radius 3 is 2.78 bits per heavy atom. The molecule has 0 saturated carbocycles. The number of aromatic nitrogens is 2. The zero-order valence-corrected chi connectivity index (χ0v) is 9.35. The molecule has 1 N–H and O–H groups in total. The predicted molar refractivity (Wildman–Crippen MR) is 65.5 cm³/mol. The van der Waals surface area contributed by atoms with Gasteiger partial charge in [0, 0.05) is 6.07 Å². The normalized spacial score (nSPS) is 17.6. The van der Waals surface area contributed by atoms with E-state index in [1.807, 2.05) is 30.3 Å². The van der Waals surface area contributed by atoms with E-state index in [9.17, 15) is 10.1 Å². The summed E-state index contributed by atoms with van der Waals surface area (Å²) in [6.45, 7) is 0. The molecule has 0 aliphatic carbocycles. The summed E-state index contributed by atoms with van der Waals surface area (Å²) < 4.78 is 1.62. The molecule has 6 nitrogen and oxygen atoms in total. The number of allylic oxidation sites excluding steroid dienone is 1. The Hall–Kier alpha value is -2.63. The quantitative estimate of drug-likeness (QED) is 0.645. The molecular formula is C12H10N4O2. The molecule has 6 heteroatoms. The number of hydrogen-bond acceptors (Lipinski definition) is 4. The summed E-state index contributed by atoms with van der Waals surface area (Å²) in [5.74, 6) is 0.745. The van der Waals surface area contributed by atoms with Gasteiger partial charge in [0.05, 0.1) is 17.3 Å². The largest absolute Gasteiger partial charge is 0.341 e. The van der Waals surface area contributed by atoms with Crippen molar-refractivity contribution in [3.05, 3.63) is 70.2 Å². The van der Waals surface area contributed by atoms with Gasteiger partial charge in [-0.25, -0.2) is 4.68 Å². The van der Waals surface area contributed by atoms with Gasteiger partial charge in [-0.2, -0.15) is 5.10 Å². The van der Waals surface area contributed by atoms with E-state index in [-0.39, 0.29) is 10.6 Å². The summed E-state index contributed by atoms with van der Waals surface area (Å²) >= 11 is 0. The Balaban J connectivity index is 2.15. The minimum Gasteiger partial charge on any atom is -0.341 e. The fourth-order valence-electron chi connectivity index (χ4n) is 2.09. The Morgan fingerprint density at radius 1 is 1.28 bits per heavy atom. The minimum atomic E-state index is -0.493. The maximum absolute atomic E-state index is 11.1. The van der Waals surface area contributed by atoms with Gasteiger partial charge < -0.3 is 5.32 Å². The van der Waals surface area contributed by atoms with Gasteiger partial charge in [-0.3, -0.25) is 10.1 Å². The van der Waals surface area contributed by atoms with Crippen LogP contribution in [-0.2, 0) is 0 Å². The van der Waals surface area contributed by atoms with Crippen molar-refractivity contribution < 1.29 is 4.92 Å². The Kier molecular flexibility index (Phi) is 2.33. The first-order valence-electron chi connectivity index (χ1n) is 5.47. The molecule has 2 aromatic rings. The van der Waals surface area contributed by atoms with Gasteiger partial charge >= 0.3 is 0 Å². The van der Waals surface area contributed by atoms with Crippen molar-refractivity contribution in [2.24, 2.45) is 0 Å². The average Bonchev–Trinajstić information content (AvgIpc) is 2.86. The van der Waals surface area contributed by atoms with Crippen molar-refractivity contribution in [3.63, 3.8) is 0 Å². The first kappa shape index (κ1) is 10.5. The Morgan fingerprint density at radius 2 is 2.06 bits per heavy atom. The number of anilines is 1. The van der Waals surface area contributed by atoms with Crippen LogP contribution in [0.3, 0.4) is 0 Å². The van der Waals surface area contributed by atoms with Crippen LogP contribution in [0.2, 0.25) is 0 Å². The predicted octanol–water partition coefficient (Wildman–Crippen LogP) is 2.02. The van der Waals surface area contributed by atoms with Gasteiger partial charge in [-0.05, 0) is 5.56 Å². The fourth-order valence-corrected chi connectivity index (χ4v) is 2.09. The van der Waals surface area contributed by atoms with Crippen LogP contribution in [-0.4, -0.2) is 14.7 Å². The summed E-state index contributed by atoms with van der Waals surface area (Å²) in [6, 6.07) is 10.6. The third-order valence-corrected chi connectivity index (χ3v) is 2.89. The lowest BCUT2D eigenvalue weighted by Gasteiger charge is -2.21. The molecule has 2 heterocycles. The molecule has 0 bridgehead atoms. The van der Waals surface area contributed by atoms with E-state index < -0.39 is 6.04 Å². The average molecular weight is 242 g/mol. The van der Waals surface area contributed by atoms with Crippen LogP contribution in [0.15, 0.2) is 54.5 Å². The number of fused-ring (bicyclic) bond motifs is 1. The van der Waals surface area contributed by atoms with Crippen molar-refractivity contribution in [1.29, 1.82) is 0 Å². The lowest BCUT2D eigenvalue weighted by atomic mass is 10.0. The van der Waals surface area contributed by atoms with Crippen molar-refractivity contribution >= 4 is 5.82 Å². The van der Waals surface area contributed by atoms with Crippen molar-refractivity contribution in [3.8, 4) is 0 Å². The molecule has 0 spiro atoms. The summed E-state index contributed by atoms with van der Waals surface area (Å²) in [5.41, 5.74) is 0.921. The first-order chi connectivity index (χ1) is 8.77. The van der Waals surface area contributed by atoms with Crippen LogP contribution in [0.5, 0.6) is 0 Å². The summed E-state index contributed by atoms with van der Waals surface area (Å²) in [7, 11) is 0.